The molecule has 5 heteroatoms. The van der Waals surface area contributed by atoms with E-state index in [2.05, 4.69) is 9.99 Å². The van der Waals surface area contributed by atoms with Gasteiger partial charge in [0.2, 0.25) is 0 Å². The molecule has 13 heavy (non-hydrogen) atoms. The highest BCUT2D eigenvalue weighted by atomic mass is 16.6. The minimum atomic E-state index is -0.874. The lowest BCUT2D eigenvalue weighted by atomic mass is 10.2. The number of rotatable bonds is 6. The third-order valence-corrected chi connectivity index (χ3v) is 1.19. The smallest absolute Gasteiger partial charge is 0.303 e. The van der Waals surface area contributed by atoms with Crippen LogP contribution in [0.15, 0.2) is 5.16 Å². The number of nitrogens with zero attached hydrogens (tertiary/aromatic N) is 1. The third-order valence-electron chi connectivity index (χ3n) is 1.19. The van der Waals surface area contributed by atoms with Gasteiger partial charge in [0.1, 0.15) is 0 Å². The lowest BCUT2D eigenvalue weighted by molar-refractivity contribution is -0.136. The fraction of sp³-hybridized carbons (Fsp3) is 0.625. The highest BCUT2D eigenvalue weighted by molar-refractivity contribution is 5.84. The van der Waals surface area contributed by atoms with Gasteiger partial charge in [0, 0.05) is 0 Å². The summed E-state index contributed by atoms with van der Waals surface area (Å²) in [5, 5.41) is 11.9. The molecule has 0 saturated heterocycles. The zero-order valence-electron chi connectivity index (χ0n) is 7.74. The fourth-order valence-electron chi connectivity index (χ4n) is 0.567. The Hall–Kier alpha value is -1.39. The van der Waals surface area contributed by atoms with E-state index in [-0.39, 0.29) is 18.8 Å². The molecule has 0 aliphatic heterocycles. The van der Waals surface area contributed by atoms with E-state index >= 15 is 0 Å². The molecule has 0 unspecified atom stereocenters. The van der Waals surface area contributed by atoms with E-state index in [1.54, 1.807) is 6.92 Å². The second-order valence-corrected chi connectivity index (χ2v) is 2.70. The Bertz CT molecular complexity index is 222. The zero-order chi connectivity index (χ0) is 10.3. The van der Waals surface area contributed by atoms with Crippen LogP contribution in [0.2, 0.25) is 0 Å². The maximum absolute atomic E-state index is 10.4. The Morgan fingerprint density at radius 3 is 2.38 bits per heavy atom. The summed E-state index contributed by atoms with van der Waals surface area (Å²) in [4.78, 5) is 25.2. The van der Waals surface area contributed by atoms with Crippen LogP contribution in [-0.2, 0) is 14.4 Å². The number of hydrogen-bond acceptors (Lipinski definition) is 4. The summed E-state index contributed by atoms with van der Waals surface area (Å²) in [7, 11) is 0. The Kier molecular flexibility index (Phi) is 5.50. The van der Waals surface area contributed by atoms with Crippen molar-refractivity contribution in [3.63, 3.8) is 0 Å². The standard InChI is InChI=1S/C8H13NO4/c1-6(3-4-8(11)12)9-13-5-7(2)10/h3-5H2,1-2H3,(H,11,12)/b9-6+. The van der Waals surface area contributed by atoms with Gasteiger partial charge in [0.15, 0.2) is 12.4 Å². The molecule has 0 saturated carbocycles. The van der Waals surface area contributed by atoms with Crippen molar-refractivity contribution in [3.8, 4) is 0 Å². The summed E-state index contributed by atoms with van der Waals surface area (Å²) in [6.45, 7) is 2.98. The Morgan fingerprint density at radius 2 is 1.92 bits per heavy atom. The Morgan fingerprint density at radius 1 is 1.31 bits per heavy atom. The molecule has 0 aliphatic carbocycles. The molecule has 0 aromatic rings. The average molecular weight is 187 g/mol. The van der Waals surface area contributed by atoms with Crippen LogP contribution in [-0.4, -0.2) is 29.2 Å². The van der Waals surface area contributed by atoms with Crippen LogP contribution in [0.4, 0.5) is 0 Å². The number of carboxylic acid groups (broad SMARTS) is 1. The number of carboxylic acids is 1. The molecule has 74 valence electrons. The van der Waals surface area contributed by atoms with E-state index in [1.165, 1.54) is 6.92 Å². The van der Waals surface area contributed by atoms with Crippen molar-refractivity contribution in [1.29, 1.82) is 0 Å². The number of Topliss-reactive ketones (excluding diaryl/α,β-unsaturated/α-hetero) is 1. The molecule has 1 N–H and O–H groups in total. The van der Waals surface area contributed by atoms with Crippen molar-refractivity contribution in [3.05, 3.63) is 0 Å². The number of carbonyl (C=O) groups excluding carboxylic acids is 1. The van der Waals surface area contributed by atoms with Gasteiger partial charge in [-0.1, -0.05) is 5.16 Å². The van der Waals surface area contributed by atoms with Crippen molar-refractivity contribution in [1.82, 2.24) is 0 Å². The van der Waals surface area contributed by atoms with Crippen LogP contribution in [0.25, 0.3) is 0 Å². The van der Waals surface area contributed by atoms with Crippen LogP contribution in [0.5, 0.6) is 0 Å². The predicted molar refractivity (Wildman–Crippen MR) is 46.6 cm³/mol. The first kappa shape index (κ1) is 11.6. The van der Waals surface area contributed by atoms with Gasteiger partial charge in [0.25, 0.3) is 0 Å². The van der Waals surface area contributed by atoms with E-state index in [9.17, 15) is 9.59 Å². The van der Waals surface area contributed by atoms with E-state index < -0.39 is 5.97 Å². The van der Waals surface area contributed by atoms with Crippen molar-refractivity contribution >= 4 is 17.5 Å². The van der Waals surface area contributed by atoms with E-state index in [0.717, 1.165) is 0 Å². The first-order valence-electron chi connectivity index (χ1n) is 3.89. The molecule has 0 atom stereocenters. The maximum atomic E-state index is 10.4. The maximum Gasteiger partial charge on any atom is 0.303 e. The Balaban J connectivity index is 3.63. The van der Waals surface area contributed by atoms with Crippen LogP contribution < -0.4 is 0 Å². The minimum Gasteiger partial charge on any atom is -0.481 e. The summed E-state index contributed by atoms with van der Waals surface area (Å²) in [6, 6.07) is 0. The van der Waals surface area contributed by atoms with Crippen molar-refractivity contribution in [2.75, 3.05) is 6.61 Å². The molecule has 0 bridgehead atoms. The van der Waals surface area contributed by atoms with E-state index in [1.807, 2.05) is 0 Å². The van der Waals surface area contributed by atoms with Crippen molar-refractivity contribution < 1.29 is 19.5 Å². The summed E-state index contributed by atoms with van der Waals surface area (Å²) >= 11 is 0. The van der Waals surface area contributed by atoms with Gasteiger partial charge >= 0.3 is 5.97 Å². The predicted octanol–water partition coefficient (Wildman–Crippen LogP) is 0.833. The SMILES string of the molecule is CC(=O)CO/N=C(\C)CCC(=O)O. The molecular formula is C8H13NO4. The van der Waals surface area contributed by atoms with Gasteiger partial charge in [-0.15, -0.1) is 0 Å². The number of aliphatic carboxylic acids is 1. The first-order chi connectivity index (χ1) is 6.02. The summed E-state index contributed by atoms with van der Waals surface area (Å²) in [5.41, 5.74) is 0.573. The van der Waals surface area contributed by atoms with Gasteiger partial charge in [-0.05, 0) is 20.3 Å². The second-order valence-electron chi connectivity index (χ2n) is 2.70. The largest absolute Gasteiger partial charge is 0.481 e. The van der Waals surface area contributed by atoms with Gasteiger partial charge in [-0.2, -0.15) is 0 Å². The molecule has 0 aromatic heterocycles. The molecule has 0 aliphatic rings. The first-order valence-corrected chi connectivity index (χ1v) is 3.89. The molecule has 0 spiro atoms. The van der Waals surface area contributed by atoms with Gasteiger partial charge in [0.05, 0.1) is 12.1 Å². The number of carbonyl (C=O) groups is 2. The highest BCUT2D eigenvalue weighted by Gasteiger charge is 1.99. The molecule has 0 amide bonds. The lowest BCUT2D eigenvalue weighted by Gasteiger charge is -1.97. The van der Waals surface area contributed by atoms with Crippen LogP contribution in [0.1, 0.15) is 26.7 Å². The number of oxime groups is 1. The zero-order valence-corrected chi connectivity index (χ0v) is 7.74. The highest BCUT2D eigenvalue weighted by Crippen LogP contribution is 1.93. The fourth-order valence-corrected chi connectivity index (χ4v) is 0.567. The average Bonchev–Trinajstić information content (AvgIpc) is 2.00. The summed E-state index contributed by atoms with van der Waals surface area (Å²) in [6.07, 6.45) is 0.367. The van der Waals surface area contributed by atoms with Crippen LogP contribution >= 0.6 is 0 Å². The monoisotopic (exact) mass is 187 g/mol. The molecule has 0 rings (SSSR count). The van der Waals surface area contributed by atoms with E-state index in [0.29, 0.717) is 12.1 Å². The molecular weight excluding hydrogens is 174 g/mol. The van der Waals surface area contributed by atoms with Crippen LogP contribution in [0.3, 0.4) is 0 Å². The quantitative estimate of drug-likeness (QED) is 0.493. The molecule has 0 heterocycles. The third kappa shape index (κ3) is 8.52. The normalized spacial score (nSPS) is 11.1. The van der Waals surface area contributed by atoms with E-state index in [4.69, 9.17) is 5.11 Å². The molecule has 5 nitrogen and oxygen atoms in total. The van der Waals surface area contributed by atoms with Crippen LogP contribution in [0, 0.1) is 0 Å². The Labute approximate surface area is 76.4 Å². The molecule has 0 fully saturated rings. The van der Waals surface area contributed by atoms with Gasteiger partial charge in [-0.3, -0.25) is 9.59 Å². The van der Waals surface area contributed by atoms with Crippen molar-refractivity contribution in [2.24, 2.45) is 5.16 Å². The summed E-state index contributed by atoms with van der Waals surface area (Å²) < 4.78 is 0. The molecule has 0 aromatic carbocycles. The lowest BCUT2D eigenvalue weighted by Crippen LogP contribution is -2.03. The minimum absolute atomic E-state index is 0.0266. The van der Waals surface area contributed by atoms with Crippen molar-refractivity contribution in [2.45, 2.75) is 26.7 Å². The van der Waals surface area contributed by atoms with Gasteiger partial charge in [-0.25, -0.2) is 0 Å². The summed E-state index contributed by atoms with van der Waals surface area (Å²) in [5.74, 6) is -0.990. The topological polar surface area (TPSA) is 76.0 Å². The second kappa shape index (κ2) is 6.16. The number of ketones is 1. The van der Waals surface area contributed by atoms with Gasteiger partial charge < -0.3 is 9.94 Å². The molecule has 0 radical (unpaired) electrons. The number of hydrogen-bond donors (Lipinski definition) is 1.